The number of aromatic amines is 1. The predicted octanol–water partition coefficient (Wildman–Crippen LogP) is 4.01. The SMILES string of the molecule is CCOc1c(Nc2cc(C)[nH]n2)nc(Sc2ccc(CC(=O)C3CC3)cc2)nc1N1CCN(CCN(C)C)CC1. The number of piperazine rings is 1. The molecule has 10 nitrogen and oxygen atoms in total. The Morgan fingerprint density at radius 2 is 1.90 bits per heavy atom. The highest BCUT2D eigenvalue weighted by atomic mass is 32.2. The molecule has 0 amide bonds. The smallest absolute Gasteiger partial charge is 0.205 e. The van der Waals surface area contributed by atoms with Gasteiger partial charge in [0.2, 0.25) is 5.75 Å². The summed E-state index contributed by atoms with van der Waals surface area (Å²) in [7, 11) is 4.22. The standard InChI is InChI=1S/C29H40N8O2S/c1-5-39-26-27(30-25-18-20(2)33-34-25)31-29(32-28(26)37-16-14-36(15-17-37)13-12-35(3)4)40-23-10-6-21(7-11-23)19-24(38)22-8-9-22/h6-7,10-11,18,22H,5,8-9,12-17,19H2,1-4H3,(H2,30,31,32,33,34). The lowest BCUT2D eigenvalue weighted by molar-refractivity contribution is -0.119. The first-order valence-corrected chi connectivity index (χ1v) is 14.9. The molecule has 0 radical (unpaired) electrons. The van der Waals surface area contributed by atoms with Crippen LogP contribution in [0.15, 0.2) is 40.4 Å². The highest BCUT2D eigenvalue weighted by molar-refractivity contribution is 7.99. The lowest BCUT2D eigenvalue weighted by Gasteiger charge is -2.36. The summed E-state index contributed by atoms with van der Waals surface area (Å²) in [5, 5.41) is 11.3. The van der Waals surface area contributed by atoms with Crippen molar-refractivity contribution in [3.8, 4) is 5.75 Å². The van der Waals surface area contributed by atoms with Gasteiger partial charge in [-0.2, -0.15) is 5.10 Å². The van der Waals surface area contributed by atoms with E-state index in [1.54, 1.807) is 0 Å². The van der Waals surface area contributed by atoms with E-state index in [0.29, 0.717) is 41.4 Å². The van der Waals surface area contributed by atoms with E-state index < -0.39 is 0 Å². The second-order valence-corrected chi connectivity index (χ2v) is 11.8. The van der Waals surface area contributed by atoms with Crippen LogP contribution in [0.5, 0.6) is 5.75 Å². The van der Waals surface area contributed by atoms with E-state index in [0.717, 1.165) is 74.1 Å². The number of aryl methyl sites for hydroxylation is 1. The number of ketones is 1. The average molecular weight is 565 g/mol. The fraction of sp³-hybridized carbons (Fsp3) is 0.517. The number of hydrogen-bond donors (Lipinski definition) is 2. The Morgan fingerprint density at radius 1 is 1.15 bits per heavy atom. The zero-order valence-corrected chi connectivity index (χ0v) is 24.8. The van der Waals surface area contributed by atoms with E-state index in [1.807, 2.05) is 44.2 Å². The van der Waals surface area contributed by atoms with E-state index >= 15 is 0 Å². The summed E-state index contributed by atoms with van der Waals surface area (Å²) in [5.74, 6) is 3.35. The number of carbonyl (C=O) groups excluding carboxylic acids is 1. The highest BCUT2D eigenvalue weighted by Crippen LogP contribution is 2.39. The minimum absolute atomic E-state index is 0.281. The second-order valence-electron chi connectivity index (χ2n) is 10.8. The van der Waals surface area contributed by atoms with Crippen molar-refractivity contribution in [2.45, 2.75) is 43.2 Å². The number of anilines is 3. The maximum Gasteiger partial charge on any atom is 0.205 e. The van der Waals surface area contributed by atoms with Gasteiger partial charge in [-0.3, -0.25) is 14.8 Å². The first kappa shape index (κ1) is 28.4. The van der Waals surface area contributed by atoms with Crippen LogP contribution in [0.3, 0.4) is 0 Å². The summed E-state index contributed by atoms with van der Waals surface area (Å²) >= 11 is 1.51. The lowest BCUT2D eigenvalue weighted by Crippen LogP contribution is -2.48. The van der Waals surface area contributed by atoms with E-state index in [4.69, 9.17) is 14.7 Å². The van der Waals surface area contributed by atoms with Crippen molar-refractivity contribution in [2.24, 2.45) is 5.92 Å². The van der Waals surface area contributed by atoms with Crippen LogP contribution < -0.4 is 15.0 Å². The quantitative estimate of drug-likeness (QED) is 0.296. The zero-order chi connectivity index (χ0) is 28.1. The van der Waals surface area contributed by atoms with Crippen LogP contribution in [0.1, 0.15) is 31.0 Å². The van der Waals surface area contributed by atoms with Gasteiger partial charge < -0.3 is 19.9 Å². The number of likely N-dealkylation sites (N-methyl/N-ethyl adjacent to an activating group) is 1. The summed E-state index contributed by atoms with van der Waals surface area (Å²) in [6.45, 7) is 10.2. The number of hydrogen-bond acceptors (Lipinski definition) is 10. The zero-order valence-electron chi connectivity index (χ0n) is 23.9. The molecule has 2 fully saturated rings. The third-order valence-corrected chi connectivity index (χ3v) is 8.02. The molecule has 214 valence electrons. The number of H-pyrrole nitrogens is 1. The van der Waals surface area contributed by atoms with Crippen LogP contribution in [0, 0.1) is 12.8 Å². The molecule has 0 bridgehead atoms. The minimum Gasteiger partial charge on any atom is -0.487 e. The molecule has 0 spiro atoms. The number of benzene rings is 1. The van der Waals surface area contributed by atoms with Crippen LogP contribution in [0.2, 0.25) is 0 Å². The fourth-order valence-electron chi connectivity index (χ4n) is 4.70. The van der Waals surface area contributed by atoms with E-state index in [1.165, 1.54) is 11.8 Å². The molecule has 2 aliphatic rings. The number of rotatable bonds is 13. The molecule has 0 unspecified atom stereocenters. The Balaban J connectivity index is 1.39. The summed E-state index contributed by atoms with van der Waals surface area (Å²) in [5.41, 5.74) is 2.01. The number of aromatic nitrogens is 4. The fourth-order valence-corrected chi connectivity index (χ4v) is 5.45. The average Bonchev–Trinajstić information content (AvgIpc) is 3.72. The van der Waals surface area contributed by atoms with E-state index in [9.17, 15) is 4.79 Å². The first-order chi connectivity index (χ1) is 19.4. The Kier molecular flexibility index (Phi) is 9.23. The number of carbonyl (C=O) groups is 1. The summed E-state index contributed by atoms with van der Waals surface area (Å²) in [4.78, 5) is 30.2. The molecule has 11 heteroatoms. The number of nitrogens with zero attached hydrogens (tertiary/aromatic N) is 6. The molecule has 1 aliphatic carbocycles. The van der Waals surface area contributed by atoms with Crippen molar-refractivity contribution in [1.82, 2.24) is 30.0 Å². The summed E-state index contributed by atoms with van der Waals surface area (Å²) in [6.07, 6.45) is 2.60. The Morgan fingerprint density at radius 3 is 2.52 bits per heavy atom. The molecule has 3 heterocycles. The van der Waals surface area contributed by atoms with Gasteiger partial charge in [0.1, 0.15) is 5.78 Å². The molecule has 2 N–H and O–H groups in total. The Bertz CT molecular complexity index is 1280. The first-order valence-electron chi connectivity index (χ1n) is 14.1. The van der Waals surface area contributed by atoms with Gasteiger partial charge in [-0.05, 0) is 70.2 Å². The Hall–Kier alpha value is -3.15. The topological polar surface area (TPSA) is 103 Å². The van der Waals surface area contributed by atoms with E-state index in [-0.39, 0.29) is 5.92 Å². The maximum atomic E-state index is 12.2. The molecule has 40 heavy (non-hydrogen) atoms. The van der Waals surface area contributed by atoms with Gasteiger partial charge in [0.15, 0.2) is 22.6 Å². The molecule has 2 aromatic heterocycles. The summed E-state index contributed by atoms with van der Waals surface area (Å²) in [6, 6.07) is 10.1. The third kappa shape index (κ3) is 7.52. The number of nitrogens with one attached hydrogen (secondary N) is 2. The maximum absolute atomic E-state index is 12.2. The van der Waals surface area contributed by atoms with Crippen LogP contribution >= 0.6 is 11.8 Å². The van der Waals surface area contributed by atoms with Crippen LogP contribution in [0.4, 0.5) is 17.5 Å². The number of Topliss-reactive ketones (excluding diaryl/α,β-unsaturated/α-hetero) is 1. The van der Waals surface area contributed by atoms with Crippen molar-refractivity contribution in [1.29, 1.82) is 0 Å². The van der Waals surface area contributed by atoms with E-state index in [2.05, 4.69) is 44.3 Å². The van der Waals surface area contributed by atoms with Gasteiger partial charge in [-0.1, -0.05) is 12.1 Å². The van der Waals surface area contributed by atoms with Gasteiger partial charge >= 0.3 is 0 Å². The monoisotopic (exact) mass is 564 g/mol. The highest BCUT2D eigenvalue weighted by Gasteiger charge is 2.29. The van der Waals surface area contributed by atoms with Crippen molar-refractivity contribution >= 4 is 35.0 Å². The molecule has 3 aromatic rings. The van der Waals surface area contributed by atoms with Crippen LogP contribution in [0.25, 0.3) is 0 Å². The van der Waals surface area contributed by atoms with Gasteiger partial charge in [0, 0.05) is 68.3 Å². The lowest BCUT2D eigenvalue weighted by atomic mass is 10.1. The normalized spacial score (nSPS) is 16.0. The molecule has 0 atom stereocenters. The van der Waals surface area contributed by atoms with Crippen molar-refractivity contribution in [2.75, 3.05) is 70.2 Å². The van der Waals surface area contributed by atoms with Gasteiger partial charge in [0.05, 0.1) is 6.61 Å². The molecule has 1 saturated carbocycles. The minimum atomic E-state index is 0.281. The molecular formula is C29H40N8O2S. The molecule has 1 aliphatic heterocycles. The van der Waals surface area contributed by atoms with Gasteiger partial charge in [-0.15, -0.1) is 0 Å². The summed E-state index contributed by atoms with van der Waals surface area (Å²) < 4.78 is 6.16. The van der Waals surface area contributed by atoms with Gasteiger partial charge in [-0.25, -0.2) is 9.97 Å². The van der Waals surface area contributed by atoms with Crippen LogP contribution in [-0.2, 0) is 11.2 Å². The third-order valence-electron chi connectivity index (χ3n) is 7.15. The van der Waals surface area contributed by atoms with Crippen molar-refractivity contribution in [3.63, 3.8) is 0 Å². The molecule has 5 rings (SSSR count). The predicted molar refractivity (Wildman–Crippen MR) is 159 cm³/mol. The largest absolute Gasteiger partial charge is 0.487 e. The molecular weight excluding hydrogens is 524 g/mol. The van der Waals surface area contributed by atoms with Gasteiger partial charge in [0.25, 0.3) is 0 Å². The molecule has 1 saturated heterocycles. The second kappa shape index (κ2) is 13.0. The van der Waals surface area contributed by atoms with Crippen molar-refractivity contribution in [3.05, 3.63) is 41.6 Å². The van der Waals surface area contributed by atoms with Crippen molar-refractivity contribution < 1.29 is 9.53 Å². The van der Waals surface area contributed by atoms with Crippen LogP contribution in [-0.4, -0.2) is 95.7 Å². The number of ether oxygens (including phenoxy) is 1. The Labute approximate surface area is 240 Å². The molecule has 1 aromatic carbocycles.